The van der Waals surface area contributed by atoms with E-state index in [4.69, 9.17) is 11.6 Å². The van der Waals surface area contributed by atoms with E-state index in [1.807, 2.05) is 29.2 Å². The summed E-state index contributed by atoms with van der Waals surface area (Å²) in [5.74, 6) is 1.12. The molecule has 5 heteroatoms. The number of piperazine rings is 1. The van der Waals surface area contributed by atoms with Crippen LogP contribution in [-0.2, 0) is 4.79 Å². The van der Waals surface area contributed by atoms with E-state index in [1.54, 1.807) is 0 Å². The van der Waals surface area contributed by atoms with Gasteiger partial charge in [0.1, 0.15) is 0 Å². The minimum Gasteiger partial charge on any atom is -0.367 e. The van der Waals surface area contributed by atoms with Crippen LogP contribution in [0.3, 0.4) is 0 Å². The van der Waals surface area contributed by atoms with E-state index in [-0.39, 0.29) is 5.41 Å². The molecule has 0 N–H and O–H groups in total. The van der Waals surface area contributed by atoms with E-state index < -0.39 is 0 Å². The van der Waals surface area contributed by atoms with Crippen LogP contribution in [0.1, 0.15) is 19.3 Å². The topological polar surface area (TPSA) is 23.6 Å². The molecule has 1 saturated heterocycles. The van der Waals surface area contributed by atoms with Crippen LogP contribution in [0.15, 0.2) is 24.3 Å². The van der Waals surface area contributed by atoms with Crippen molar-refractivity contribution in [1.29, 1.82) is 0 Å². The summed E-state index contributed by atoms with van der Waals surface area (Å²) in [6.45, 7) is 3.27. The van der Waals surface area contributed by atoms with Crippen LogP contribution in [0.4, 0.5) is 5.69 Å². The Labute approximate surface area is 136 Å². The molecule has 1 aliphatic carbocycles. The Kier molecular flexibility index (Phi) is 4.36. The summed E-state index contributed by atoms with van der Waals surface area (Å²) in [6, 6.07) is 7.90. The summed E-state index contributed by atoms with van der Waals surface area (Å²) in [5, 5.41) is 0.782. The van der Waals surface area contributed by atoms with E-state index in [1.165, 1.54) is 0 Å². The first kappa shape index (κ1) is 15.0. The third-order valence-corrected chi connectivity index (χ3v) is 5.63. The summed E-state index contributed by atoms with van der Waals surface area (Å²) in [4.78, 5) is 16.6. The van der Waals surface area contributed by atoms with Crippen LogP contribution in [0.25, 0.3) is 0 Å². The average Bonchev–Trinajstić information content (AvgIpc) is 3.28. The van der Waals surface area contributed by atoms with Gasteiger partial charge in [-0.05, 0) is 36.1 Å². The molecule has 2 aliphatic rings. The molecule has 0 spiro atoms. The number of halogens is 1. The molecule has 114 valence electrons. The third-order valence-electron chi connectivity index (χ3n) is 4.64. The van der Waals surface area contributed by atoms with Crippen molar-refractivity contribution in [2.45, 2.75) is 19.3 Å². The lowest BCUT2D eigenvalue weighted by molar-refractivity contribution is -0.132. The molecular weight excluding hydrogens is 304 g/mol. The molecular formula is C16H21ClN2OS. The van der Waals surface area contributed by atoms with Crippen molar-refractivity contribution in [2.24, 2.45) is 5.41 Å². The number of amides is 1. The first-order valence-corrected chi connectivity index (χ1v) is 8.53. The van der Waals surface area contributed by atoms with Crippen LogP contribution < -0.4 is 4.90 Å². The quantitative estimate of drug-likeness (QED) is 0.860. The van der Waals surface area contributed by atoms with Gasteiger partial charge in [-0.3, -0.25) is 4.79 Å². The number of anilines is 1. The van der Waals surface area contributed by atoms with Crippen molar-refractivity contribution >= 4 is 35.8 Å². The van der Waals surface area contributed by atoms with Crippen molar-refractivity contribution in [1.82, 2.24) is 4.90 Å². The predicted molar refractivity (Wildman–Crippen MR) is 90.4 cm³/mol. The van der Waals surface area contributed by atoms with Crippen LogP contribution in [-0.4, -0.2) is 42.7 Å². The number of benzene rings is 1. The highest BCUT2D eigenvalue weighted by molar-refractivity contribution is 7.80. The maximum Gasteiger partial charge on any atom is 0.223 e. The number of carbonyl (C=O) groups is 1. The lowest BCUT2D eigenvalue weighted by atomic mass is 10.0. The Morgan fingerprint density at radius 1 is 1.19 bits per heavy atom. The van der Waals surface area contributed by atoms with Crippen LogP contribution in [0.2, 0.25) is 5.02 Å². The van der Waals surface area contributed by atoms with E-state index in [0.29, 0.717) is 12.3 Å². The van der Waals surface area contributed by atoms with Crippen molar-refractivity contribution < 1.29 is 4.79 Å². The van der Waals surface area contributed by atoms with Gasteiger partial charge in [-0.1, -0.05) is 23.7 Å². The highest BCUT2D eigenvalue weighted by Crippen LogP contribution is 2.49. The van der Waals surface area contributed by atoms with Gasteiger partial charge in [0.15, 0.2) is 0 Å². The fourth-order valence-electron chi connectivity index (χ4n) is 2.91. The molecule has 0 atom stereocenters. The van der Waals surface area contributed by atoms with Gasteiger partial charge in [-0.25, -0.2) is 0 Å². The predicted octanol–water partition coefficient (Wildman–Crippen LogP) is 3.09. The SMILES string of the molecule is O=C(CC1(CS)CC1)N1CCN(c2ccccc2Cl)CC1. The van der Waals surface area contributed by atoms with Gasteiger partial charge < -0.3 is 9.80 Å². The first-order valence-electron chi connectivity index (χ1n) is 7.52. The molecule has 1 aliphatic heterocycles. The van der Waals surface area contributed by atoms with Gasteiger partial charge >= 0.3 is 0 Å². The molecule has 0 radical (unpaired) electrons. The smallest absolute Gasteiger partial charge is 0.223 e. The summed E-state index contributed by atoms with van der Waals surface area (Å²) in [5.41, 5.74) is 1.28. The number of hydrogen-bond donors (Lipinski definition) is 1. The summed E-state index contributed by atoms with van der Waals surface area (Å²) >= 11 is 10.6. The maximum atomic E-state index is 12.4. The fraction of sp³-hybridized carbons (Fsp3) is 0.562. The third kappa shape index (κ3) is 3.32. The van der Waals surface area contributed by atoms with E-state index >= 15 is 0 Å². The van der Waals surface area contributed by atoms with Crippen molar-refractivity contribution in [3.05, 3.63) is 29.3 Å². The highest BCUT2D eigenvalue weighted by Gasteiger charge is 2.43. The summed E-state index contributed by atoms with van der Waals surface area (Å²) in [7, 11) is 0. The van der Waals surface area contributed by atoms with Gasteiger partial charge in [0.25, 0.3) is 0 Å². The zero-order chi connectivity index (χ0) is 14.9. The molecule has 1 amide bonds. The largest absolute Gasteiger partial charge is 0.367 e. The van der Waals surface area contributed by atoms with Crippen LogP contribution in [0, 0.1) is 5.41 Å². The van der Waals surface area contributed by atoms with E-state index in [2.05, 4.69) is 17.5 Å². The van der Waals surface area contributed by atoms with Crippen molar-refractivity contribution in [2.75, 3.05) is 36.8 Å². The Hall–Kier alpha value is -0.870. The molecule has 3 nitrogen and oxygen atoms in total. The van der Waals surface area contributed by atoms with Crippen molar-refractivity contribution in [3.63, 3.8) is 0 Å². The van der Waals surface area contributed by atoms with Gasteiger partial charge in [-0.15, -0.1) is 0 Å². The minimum absolute atomic E-state index is 0.208. The zero-order valence-electron chi connectivity index (χ0n) is 12.1. The molecule has 1 saturated carbocycles. The Morgan fingerprint density at radius 2 is 1.86 bits per heavy atom. The Balaban J connectivity index is 1.55. The Morgan fingerprint density at radius 3 is 2.43 bits per heavy atom. The lowest BCUT2D eigenvalue weighted by Crippen LogP contribution is -2.49. The minimum atomic E-state index is 0.208. The Bertz CT molecular complexity index is 525. The average molecular weight is 325 g/mol. The van der Waals surface area contributed by atoms with Gasteiger partial charge in [0, 0.05) is 32.6 Å². The van der Waals surface area contributed by atoms with E-state index in [9.17, 15) is 4.79 Å². The number of carbonyl (C=O) groups excluding carboxylic acids is 1. The summed E-state index contributed by atoms with van der Waals surface area (Å²) < 4.78 is 0. The molecule has 1 aromatic carbocycles. The molecule has 3 rings (SSSR count). The molecule has 1 heterocycles. The maximum absolute atomic E-state index is 12.4. The molecule has 0 unspecified atom stereocenters. The second kappa shape index (κ2) is 6.09. The van der Waals surface area contributed by atoms with Crippen molar-refractivity contribution in [3.8, 4) is 0 Å². The normalized spacial score (nSPS) is 20.5. The van der Waals surface area contributed by atoms with Gasteiger partial charge in [-0.2, -0.15) is 12.6 Å². The first-order chi connectivity index (χ1) is 10.1. The molecule has 1 aromatic rings. The van der Waals surface area contributed by atoms with Gasteiger partial charge in [0.2, 0.25) is 5.91 Å². The number of thiol groups is 1. The second-order valence-corrected chi connectivity index (χ2v) is 6.88. The number of nitrogens with zero attached hydrogens (tertiary/aromatic N) is 2. The van der Waals surface area contributed by atoms with E-state index in [0.717, 1.165) is 55.5 Å². The van der Waals surface area contributed by atoms with Crippen LogP contribution >= 0.6 is 24.2 Å². The summed E-state index contributed by atoms with van der Waals surface area (Å²) in [6.07, 6.45) is 2.98. The zero-order valence-corrected chi connectivity index (χ0v) is 13.7. The second-order valence-electron chi connectivity index (χ2n) is 6.15. The standard InChI is InChI=1S/C16H21ClN2OS/c17-13-3-1-2-4-14(13)18-7-9-19(10-8-18)15(20)11-16(12-21)5-6-16/h1-4,21H,5-12H2. The van der Waals surface area contributed by atoms with Gasteiger partial charge in [0.05, 0.1) is 10.7 Å². The number of rotatable bonds is 4. The molecule has 2 fully saturated rings. The highest BCUT2D eigenvalue weighted by atomic mass is 35.5. The monoisotopic (exact) mass is 324 g/mol. The molecule has 21 heavy (non-hydrogen) atoms. The molecule has 0 bridgehead atoms. The number of para-hydroxylation sites is 1. The molecule has 0 aromatic heterocycles. The lowest BCUT2D eigenvalue weighted by Gasteiger charge is -2.37. The van der Waals surface area contributed by atoms with Crippen LogP contribution in [0.5, 0.6) is 0 Å². The fourth-order valence-corrected chi connectivity index (χ4v) is 3.59. The number of hydrogen-bond acceptors (Lipinski definition) is 3.